The van der Waals surface area contributed by atoms with Gasteiger partial charge in [-0.1, -0.05) is 0 Å². The van der Waals surface area contributed by atoms with Crippen molar-refractivity contribution >= 4 is 0 Å². The Morgan fingerprint density at radius 1 is 0.692 bits per heavy atom. The molecule has 0 aromatic rings. The first-order chi connectivity index (χ1) is 6.12. The molecule has 6 heteroatoms. The molecule has 0 amide bonds. The zero-order valence-electron chi connectivity index (χ0n) is 7.37. The summed E-state index contributed by atoms with van der Waals surface area (Å²) in [4.78, 5) is 0. The van der Waals surface area contributed by atoms with Crippen LogP contribution >= 0.6 is 0 Å². The SMILES string of the molecule is OCC(O)CO.OCCC(O)CO. The van der Waals surface area contributed by atoms with Gasteiger partial charge in [0.1, 0.15) is 6.10 Å². The molecule has 0 aromatic heterocycles. The van der Waals surface area contributed by atoms with E-state index in [0.717, 1.165) is 0 Å². The summed E-state index contributed by atoms with van der Waals surface area (Å²) in [6.45, 7) is -1.06. The minimum Gasteiger partial charge on any atom is -0.396 e. The minimum atomic E-state index is -0.954. The fourth-order valence-electron chi connectivity index (χ4n) is 0.298. The molecule has 0 bridgehead atoms. The molecule has 6 N–H and O–H groups in total. The molecule has 0 fully saturated rings. The fraction of sp³-hybridized carbons (Fsp3) is 1.00. The lowest BCUT2D eigenvalue weighted by atomic mass is 10.3. The standard InChI is InChI=1S/C4H10O3.C3H8O3/c5-2-1-4(7)3-6;4-1-3(6)2-5/h4-7H,1-3H2;3-6H,1-2H2. The minimum absolute atomic E-state index is 0.0677. The van der Waals surface area contributed by atoms with Gasteiger partial charge in [0.15, 0.2) is 0 Å². The molecule has 0 spiro atoms. The first-order valence-corrected chi connectivity index (χ1v) is 3.91. The molecular weight excluding hydrogens is 180 g/mol. The lowest BCUT2D eigenvalue weighted by Gasteiger charge is -2.00. The molecule has 0 rings (SSSR count). The molecule has 0 aliphatic carbocycles. The van der Waals surface area contributed by atoms with E-state index in [9.17, 15) is 0 Å². The third kappa shape index (κ3) is 14.6. The van der Waals surface area contributed by atoms with Gasteiger partial charge in [-0.05, 0) is 6.42 Å². The van der Waals surface area contributed by atoms with Gasteiger partial charge >= 0.3 is 0 Å². The highest BCUT2D eigenvalue weighted by molar-refractivity contribution is 4.48. The summed E-state index contributed by atoms with van der Waals surface area (Å²) in [5.74, 6) is 0. The molecule has 0 saturated heterocycles. The molecule has 13 heavy (non-hydrogen) atoms. The number of aliphatic hydroxyl groups excluding tert-OH is 6. The summed E-state index contributed by atoms with van der Waals surface area (Å²) in [6, 6.07) is 0. The Hall–Kier alpha value is -0.240. The molecule has 6 nitrogen and oxygen atoms in total. The largest absolute Gasteiger partial charge is 0.396 e. The van der Waals surface area contributed by atoms with E-state index < -0.39 is 12.2 Å². The summed E-state index contributed by atoms with van der Waals surface area (Å²) in [7, 11) is 0. The van der Waals surface area contributed by atoms with Crippen molar-refractivity contribution < 1.29 is 30.6 Å². The molecule has 0 aromatic carbocycles. The van der Waals surface area contributed by atoms with Crippen molar-refractivity contribution in [2.24, 2.45) is 0 Å². The average Bonchev–Trinajstić information content (AvgIpc) is 2.18. The number of hydrogen-bond acceptors (Lipinski definition) is 6. The van der Waals surface area contributed by atoms with Crippen molar-refractivity contribution in [2.45, 2.75) is 18.6 Å². The Balaban J connectivity index is 0. The molecule has 0 aliphatic rings. The van der Waals surface area contributed by atoms with Crippen LogP contribution in [-0.4, -0.2) is 69.3 Å². The van der Waals surface area contributed by atoms with Crippen LogP contribution in [0.5, 0.6) is 0 Å². The van der Waals surface area contributed by atoms with Crippen LogP contribution in [0.4, 0.5) is 0 Å². The lowest BCUT2D eigenvalue weighted by Crippen LogP contribution is -2.15. The van der Waals surface area contributed by atoms with Gasteiger partial charge in [-0.25, -0.2) is 0 Å². The highest BCUT2D eigenvalue weighted by atomic mass is 16.3. The van der Waals surface area contributed by atoms with Crippen LogP contribution in [0.15, 0.2) is 0 Å². The number of hydrogen-bond donors (Lipinski definition) is 6. The third-order valence-corrected chi connectivity index (χ3v) is 1.09. The highest BCUT2D eigenvalue weighted by Gasteiger charge is 1.96. The van der Waals surface area contributed by atoms with E-state index in [4.69, 9.17) is 30.6 Å². The van der Waals surface area contributed by atoms with Crippen LogP contribution in [-0.2, 0) is 0 Å². The monoisotopic (exact) mass is 198 g/mol. The predicted molar refractivity (Wildman–Crippen MR) is 45.0 cm³/mol. The van der Waals surface area contributed by atoms with E-state index in [1.54, 1.807) is 0 Å². The number of rotatable bonds is 5. The molecule has 0 radical (unpaired) electrons. The maximum Gasteiger partial charge on any atom is 0.100 e. The second kappa shape index (κ2) is 11.8. The van der Waals surface area contributed by atoms with Gasteiger partial charge in [-0.3, -0.25) is 0 Å². The summed E-state index contributed by atoms with van der Waals surface area (Å²) >= 11 is 0. The van der Waals surface area contributed by atoms with Gasteiger partial charge in [0, 0.05) is 6.61 Å². The maximum absolute atomic E-state index is 8.45. The zero-order valence-corrected chi connectivity index (χ0v) is 7.37. The second-order valence-electron chi connectivity index (χ2n) is 2.37. The molecule has 0 saturated carbocycles. The summed E-state index contributed by atoms with van der Waals surface area (Å²) in [5.41, 5.74) is 0. The third-order valence-electron chi connectivity index (χ3n) is 1.09. The van der Waals surface area contributed by atoms with E-state index in [0.29, 0.717) is 0 Å². The van der Waals surface area contributed by atoms with Crippen LogP contribution < -0.4 is 0 Å². The first kappa shape index (κ1) is 15.2. The molecule has 1 unspecified atom stereocenters. The molecule has 82 valence electrons. The van der Waals surface area contributed by atoms with E-state index in [2.05, 4.69) is 0 Å². The Bertz CT molecular complexity index is 85.1. The van der Waals surface area contributed by atoms with Crippen molar-refractivity contribution in [3.05, 3.63) is 0 Å². The maximum atomic E-state index is 8.45. The van der Waals surface area contributed by atoms with Crippen molar-refractivity contribution in [1.29, 1.82) is 0 Å². The molecule has 0 heterocycles. The molecular formula is C7H18O6. The molecule has 1 atom stereocenters. The van der Waals surface area contributed by atoms with Crippen LogP contribution in [0.25, 0.3) is 0 Å². The fourth-order valence-corrected chi connectivity index (χ4v) is 0.298. The summed E-state index contributed by atoms with van der Waals surface area (Å²) < 4.78 is 0. The van der Waals surface area contributed by atoms with Crippen molar-refractivity contribution in [3.63, 3.8) is 0 Å². The van der Waals surface area contributed by atoms with Gasteiger partial charge in [0.2, 0.25) is 0 Å². The second-order valence-corrected chi connectivity index (χ2v) is 2.37. The van der Waals surface area contributed by atoms with Crippen LogP contribution in [0.3, 0.4) is 0 Å². The summed E-state index contributed by atoms with van der Waals surface area (Å²) in [5, 5.41) is 48.7. The average molecular weight is 198 g/mol. The topological polar surface area (TPSA) is 121 Å². The van der Waals surface area contributed by atoms with Gasteiger partial charge in [-0.2, -0.15) is 0 Å². The van der Waals surface area contributed by atoms with E-state index >= 15 is 0 Å². The number of aliphatic hydroxyl groups is 6. The lowest BCUT2D eigenvalue weighted by molar-refractivity contribution is 0.0450. The smallest absolute Gasteiger partial charge is 0.100 e. The van der Waals surface area contributed by atoms with Gasteiger partial charge in [0.25, 0.3) is 0 Å². The summed E-state index contributed by atoms with van der Waals surface area (Å²) in [6.07, 6.45) is -1.44. The normalized spacial score (nSPS) is 12.2. The van der Waals surface area contributed by atoms with E-state index in [1.165, 1.54) is 0 Å². The zero-order chi connectivity index (χ0) is 10.7. The van der Waals surface area contributed by atoms with Crippen LogP contribution in [0.1, 0.15) is 6.42 Å². The quantitative estimate of drug-likeness (QED) is 0.281. The predicted octanol–water partition coefficient (Wildman–Crippen LogP) is -2.95. The Morgan fingerprint density at radius 2 is 1.08 bits per heavy atom. The van der Waals surface area contributed by atoms with Crippen LogP contribution in [0, 0.1) is 0 Å². The van der Waals surface area contributed by atoms with Gasteiger partial charge in [0.05, 0.1) is 25.9 Å². The van der Waals surface area contributed by atoms with E-state index in [1.807, 2.05) is 0 Å². The van der Waals surface area contributed by atoms with Crippen molar-refractivity contribution in [3.8, 4) is 0 Å². The Labute approximate surface area is 76.7 Å². The Morgan fingerprint density at radius 3 is 1.15 bits per heavy atom. The van der Waals surface area contributed by atoms with Crippen molar-refractivity contribution in [2.75, 3.05) is 26.4 Å². The first-order valence-electron chi connectivity index (χ1n) is 3.91. The van der Waals surface area contributed by atoms with Gasteiger partial charge in [-0.15, -0.1) is 0 Å². The van der Waals surface area contributed by atoms with Gasteiger partial charge < -0.3 is 30.6 Å². The van der Waals surface area contributed by atoms with E-state index in [-0.39, 0.29) is 32.8 Å². The molecule has 0 aliphatic heterocycles. The Kier molecular flexibility index (Phi) is 13.8. The van der Waals surface area contributed by atoms with Crippen molar-refractivity contribution in [1.82, 2.24) is 0 Å². The highest BCUT2D eigenvalue weighted by Crippen LogP contribution is 1.84. The van der Waals surface area contributed by atoms with Crippen LogP contribution in [0.2, 0.25) is 0 Å².